The van der Waals surface area contributed by atoms with Crippen molar-refractivity contribution >= 4 is 18.2 Å². The van der Waals surface area contributed by atoms with Crippen molar-refractivity contribution in [3.8, 4) is 0 Å². The molecule has 3 aliphatic heterocycles. The van der Waals surface area contributed by atoms with Gasteiger partial charge in [-0.25, -0.2) is 0 Å². The number of aliphatic hydroxyl groups excluding tert-OH is 3. The Balaban J connectivity index is 1.92. The molecule has 3 rings (SSSR count). The van der Waals surface area contributed by atoms with E-state index in [-0.39, 0.29) is 31.6 Å². The van der Waals surface area contributed by atoms with Gasteiger partial charge < -0.3 is 63.3 Å². The molecule has 53 heavy (non-hydrogen) atoms. The van der Waals surface area contributed by atoms with Gasteiger partial charge in [-0.3, -0.25) is 9.59 Å². The predicted molar refractivity (Wildman–Crippen MR) is 191 cm³/mol. The maximum absolute atomic E-state index is 12.9. The van der Waals surface area contributed by atoms with Crippen LogP contribution in [0.5, 0.6) is 0 Å². The maximum atomic E-state index is 12.9. The van der Waals surface area contributed by atoms with E-state index in [9.17, 15) is 34.8 Å². The lowest BCUT2D eigenvalue weighted by atomic mass is 9.82. The van der Waals surface area contributed by atoms with E-state index in [0.717, 1.165) is 0 Å². The number of allylic oxidation sites excluding steroid dienone is 2. The molecule has 15 heteroatoms. The number of ether oxygens (including phenoxy) is 7. The van der Waals surface area contributed by atoms with Crippen LogP contribution in [0.25, 0.3) is 0 Å². The van der Waals surface area contributed by atoms with Crippen LogP contribution in [0.1, 0.15) is 80.1 Å². The quantitative estimate of drug-likeness (QED) is 0.186. The van der Waals surface area contributed by atoms with E-state index < -0.39 is 110 Å². The summed E-state index contributed by atoms with van der Waals surface area (Å²) in [5.41, 5.74) is -1.47. The molecule has 1 unspecified atom stereocenters. The van der Waals surface area contributed by atoms with Gasteiger partial charge in [0, 0.05) is 32.8 Å². The van der Waals surface area contributed by atoms with Gasteiger partial charge in [0.25, 0.3) is 0 Å². The normalized spacial score (nSPS) is 43.4. The number of esters is 2. The summed E-state index contributed by atoms with van der Waals surface area (Å²) in [6.07, 6.45) is -3.93. The molecule has 304 valence electrons. The van der Waals surface area contributed by atoms with Crippen LogP contribution in [0, 0.1) is 11.8 Å². The summed E-state index contributed by atoms with van der Waals surface area (Å²) in [7, 11) is 4.85. The Morgan fingerprint density at radius 2 is 1.74 bits per heavy atom. The van der Waals surface area contributed by atoms with Gasteiger partial charge in [-0.15, -0.1) is 0 Å². The highest BCUT2D eigenvalue weighted by Gasteiger charge is 2.52. The molecule has 0 saturated carbocycles. The number of aldehydes is 1. The molecule has 0 aliphatic carbocycles. The summed E-state index contributed by atoms with van der Waals surface area (Å²) in [5, 5.41) is 45.5. The molecule has 0 radical (unpaired) electrons. The van der Waals surface area contributed by atoms with E-state index >= 15 is 0 Å². The Labute approximate surface area is 313 Å². The van der Waals surface area contributed by atoms with Crippen LogP contribution < -0.4 is 0 Å². The third-order valence-corrected chi connectivity index (χ3v) is 10.3. The number of aliphatic hydroxyl groups is 4. The molecule has 0 bridgehead atoms. The van der Waals surface area contributed by atoms with E-state index in [1.807, 2.05) is 13.0 Å². The third-order valence-electron chi connectivity index (χ3n) is 10.3. The number of cyclic esters (lactones) is 1. The second-order valence-corrected chi connectivity index (χ2v) is 15.1. The average molecular weight is 758 g/mol. The fraction of sp³-hybridized carbons (Fsp3) is 0.816. The van der Waals surface area contributed by atoms with Crippen LogP contribution in [0.2, 0.25) is 0 Å². The van der Waals surface area contributed by atoms with E-state index in [1.165, 1.54) is 7.11 Å². The predicted octanol–water partition coefficient (Wildman–Crippen LogP) is 1.81. The number of hydrogen-bond donors (Lipinski definition) is 4. The Hall–Kier alpha value is -2.31. The monoisotopic (exact) mass is 757 g/mol. The summed E-state index contributed by atoms with van der Waals surface area (Å²) in [6.45, 7) is 10.2. The Kier molecular flexibility index (Phi) is 17.5. The Bertz CT molecular complexity index is 1230. The van der Waals surface area contributed by atoms with E-state index in [0.29, 0.717) is 12.7 Å². The van der Waals surface area contributed by atoms with Gasteiger partial charge >= 0.3 is 11.9 Å². The third kappa shape index (κ3) is 12.3. The van der Waals surface area contributed by atoms with E-state index in [1.54, 1.807) is 71.8 Å². The van der Waals surface area contributed by atoms with Crippen LogP contribution in [0.4, 0.5) is 0 Å². The highest BCUT2D eigenvalue weighted by atomic mass is 16.7. The largest absolute Gasteiger partial charge is 0.462 e. The first-order valence-corrected chi connectivity index (χ1v) is 18.7. The minimum Gasteiger partial charge on any atom is -0.462 e. The molecule has 16 atom stereocenters. The zero-order chi connectivity index (χ0) is 39.6. The summed E-state index contributed by atoms with van der Waals surface area (Å²) < 4.78 is 42.1. The standard InChI is InChI=1S/C38H63NO14/c1-10-28(43)51-36-24(5)49-30(20-38(36,6)46)52-33-23(4)50-37(32(45)31(33)39(7)8)53-34-25(16-17-40)18-21(2)26(41)15-13-11-12-14-22(3)48-29(44)19-27(42)35(34)47-9/h11-13,15,17,21-27,30-37,41-42,45-46H,10,14,16,18-20H2,1-9H3/b12-11+,15-13+/t21-,22-,23-,24+,25?,26+,27-,30+,31-,32-,33-,34+,35+,36+,37+,38-/m1/s1. The lowest BCUT2D eigenvalue weighted by Gasteiger charge is -2.50. The van der Waals surface area contributed by atoms with Crippen LogP contribution in [0.3, 0.4) is 0 Å². The van der Waals surface area contributed by atoms with Crippen LogP contribution >= 0.6 is 0 Å². The molecule has 3 aliphatic rings. The van der Waals surface area contributed by atoms with Crippen molar-refractivity contribution < 1.29 is 68.0 Å². The van der Waals surface area contributed by atoms with Crippen molar-refractivity contribution in [2.24, 2.45) is 11.8 Å². The molecule has 15 nitrogen and oxygen atoms in total. The van der Waals surface area contributed by atoms with Gasteiger partial charge in [0.1, 0.15) is 36.3 Å². The van der Waals surface area contributed by atoms with Crippen LogP contribution in [-0.2, 0) is 47.5 Å². The highest BCUT2D eigenvalue weighted by Crippen LogP contribution is 2.37. The molecule has 0 amide bonds. The van der Waals surface area contributed by atoms with Gasteiger partial charge in [-0.2, -0.15) is 0 Å². The van der Waals surface area contributed by atoms with Gasteiger partial charge in [-0.05, 0) is 60.0 Å². The first-order valence-electron chi connectivity index (χ1n) is 18.7. The molecular formula is C38H63NO14. The average Bonchev–Trinajstić information content (AvgIpc) is 3.06. The second kappa shape index (κ2) is 20.6. The zero-order valence-corrected chi connectivity index (χ0v) is 32.6. The number of carbonyl (C=O) groups is 3. The minimum atomic E-state index is -1.47. The lowest BCUT2D eigenvalue weighted by Crippen LogP contribution is -2.66. The molecular weight excluding hydrogens is 694 g/mol. The Morgan fingerprint density at radius 1 is 1.04 bits per heavy atom. The van der Waals surface area contributed by atoms with Gasteiger partial charge in [0.15, 0.2) is 18.7 Å². The number of likely N-dealkylation sites (N-methyl/N-ethyl adjacent to an activating group) is 1. The van der Waals surface area contributed by atoms with Crippen molar-refractivity contribution in [3.63, 3.8) is 0 Å². The number of methoxy groups -OCH3 is 1. The van der Waals surface area contributed by atoms with Crippen molar-refractivity contribution in [1.82, 2.24) is 4.90 Å². The minimum absolute atomic E-state index is 0.0298. The van der Waals surface area contributed by atoms with Crippen molar-refractivity contribution in [2.75, 3.05) is 21.2 Å². The van der Waals surface area contributed by atoms with Crippen LogP contribution in [0.15, 0.2) is 24.3 Å². The molecule has 4 N–H and O–H groups in total. The molecule has 0 aromatic heterocycles. The van der Waals surface area contributed by atoms with E-state index in [2.05, 4.69) is 0 Å². The van der Waals surface area contributed by atoms with Crippen molar-refractivity contribution in [2.45, 2.75) is 165 Å². The number of nitrogens with zero attached hydrogens (tertiary/aromatic N) is 1. The fourth-order valence-corrected chi connectivity index (χ4v) is 7.48. The molecule has 0 aromatic rings. The van der Waals surface area contributed by atoms with Gasteiger partial charge in [-0.1, -0.05) is 38.2 Å². The first kappa shape index (κ1) is 45.1. The first-order chi connectivity index (χ1) is 24.9. The zero-order valence-electron chi connectivity index (χ0n) is 32.6. The van der Waals surface area contributed by atoms with Crippen molar-refractivity contribution in [3.05, 3.63) is 24.3 Å². The molecule has 0 aromatic carbocycles. The van der Waals surface area contributed by atoms with Crippen molar-refractivity contribution in [1.29, 1.82) is 0 Å². The second-order valence-electron chi connectivity index (χ2n) is 15.1. The fourth-order valence-electron chi connectivity index (χ4n) is 7.48. The highest BCUT2D eigenvalue weighted by molar-refractivity contribution is 5.70. The van der Waals surface area contributed by atoms with E-state index in [4.69, 9.17) is 33.2 Å². The molecule has 3 heterocycles. The number of rotatable bonds is 10. The number of hydrogen-bond acceptors (Lipinski definition) is 15. The number of carbonyl (C=O) groups excluding carboxylic acids is 3. The smallest absolute Gasteiger partial charge is 0.308 e. The summed E-state index contributed by atoms with van der Waals surface area (Å²) in [4.78, 5) is 38.8. The molecule has 0 spiro atoms. The topological polar surface area (TPSA) is 200 Å². The molecule has 2 fully saturated rings. The SMILES string of the molecule is CCC(=O)O[C@H]1[C@H](C)O[C@@H](O[C@H]2[C@H](N(C)C)[C@@H](O)[C@H](O[C@H]3C(CC=O)C[C@@H](C)[C@@H](O)/C=C/C=C/C[C@@H](C)OC(=O)C[C@@H](O)[C@@H]3OC)O[C@@H]2C)C[C@@]1(C)O. The van der Waals surface area contributed by atoms with Gasteiger partial charge in [0.2, 0.25) is 0 Å². The maximum Gasteiger partial charge on any atom is 0.308 e. The molecule has 2 saturated heterocycles. The Morgan fingerprint density at radius 3 is 2.34 bits per heavy atom. The van der Waals surface area contributed by atoms with Gasteiger partial charge in [0.05, 0.1) is 43.0 Å². The summed E-state index contributed by atoms with van der Waals surface area (Å²) in [5.74, 6) is -2.14. The lowest BCUT2D eigenvalue weighted by molar-refractivity contribution is -0.344. The summed E-state index contributed by atoms with van der Waals surface area (Å²) in [6, 6.07) is -0.750. The van der Waals surface area contributed by atoms with Crippen LogP contribution in [-0.4, -0.2) is 150 Å². The summed E-state index contributed by atoms with van der Waals surface area (Å²) >= 11 is 0.